The van der Waals surface area contributed by atoms with Crippen LogP contribution in [-0.4, -0.2) is 11.9 Å². The second kappa shape index (κ2) is 8.12. The van der Waals surface area contributed by atoms with Crippen LogP contribution in [0.4, 0.5) is 0 Å². The number of hydrogen-bond donors (Lipinski definition) is 0. The van der Waals surface area contributed by atoms with E-state index in [2.05, 4.69) is 113 Å². The fourth-order valence-electron chi connectivity index (χ4n) is 4.24. The Morgan fingerprint density at radius 2 is 1.07 bits per heavy atom. The Morgan fingerprint density at radius 1 is 0.690 bits per heavy atom. The molecule has 3 aromatic rings. The molecule has 4 rings (SSSR count). The second-order valence-corrected chi connectivity index (χ2v) is 18.4. The van der Waals surface area contributed by atoms with Gasteiger partial charge in [0.25, 0.3) is 0 Å². The van der Waals surface area contributed by atoms with Crippen LogP contribution < -0.4 is 15.9 Å². The average molecular weight is 516 g/mol. The van der Waals surface area contributed by atoms with Crippen molar-refractivity contribution in [3.8, 4) is 0 Å². The van der Waals surface area contributed by atoms with Crippen LogP contribution in [0.5, 0.6) is 0 Å². The van der Waals surface area contributed by atoms with Gasteiger partial charge in [0.15, 0.2) is 0 Å². The first kappa shape index (κ1) is 20.4. The Balaban J connectivity index is 1.85. The van der Waals surface area contributed by atoms with E-state index >= 15 is 0 Å². The Bertz CT molecular complexity index is 866. The molecule has 150 valence electrons. The van der Waals surface area contributed by atoms with E-state index in [0.29, 0.717) is 0 Å². The van der Waals surface area contributed by atoms with E-state index in [1.165, 1.54) is 15.9 Å². The van der Waals surface area contributed by atoms with Gasteiger partial charge in [0.1, 0.15) is 0 Å². The molecule has 0 saturated carbocycles. The maximum atomic E-state index is 5.71. The first-order valence-electron chi connectivity index (χ1n) is 9.95. The van der Waals surface area contributed by atoms with Crippen molar-refractivity contribution in [3.63, 3.8) is 0 Å². The van der Waals surface area contributed by atoms with E-state index in [4.69, 9.17) is 9.47 Å². The molecule has 1 heterocycles. The van der Waals surface area contributed by atoms with Crippen molar-refractivity contribution < 1.29 is 9.47 Å². The first-order valence-corrected chi connectivity index (χ1v) is 15.2. The van der Waals surface area contributed by atoms with Gasteiger partial charge in [-0.15, -0.1) is 0 Å². The first-order chi connectivity index (χ1) is 14.0. The van der Waals surface area contributed by atoms with E-state index in [1.54, 1.807) is 12.5 Å². The molecular formula is C25H26IO2P. The topological polar surface area (TPSA) is 18.5 Å². The zero-order valence-corrected chi connectivity index (χ0v) is 19.6. The monoisotopic (exact) mass is 516 g/mol. The van der Waals surface area contributed by atoms with E-state index in [9.17, 15) is 0 Å². The quantitative estimate of drug-likeness (QED) is 0.289. The number of rotatable bonds is 7. The van der Waals surface area contributed by atoms with Gasteiger partial charge in [-0.1, -0.05) is 0 Å². The zero-order valence-electron chi connectivity index (χ0n) is 16.6. The molecule has 1 aliphatic heterocycles. The number of halogens is 1. The van der Waals surface area contributed by atoms with Crippen LogP contribution in [0.3, 0.4) is 0 Å². The molecule has 0 bridgehead atoms. The fourth-order valence-corrected chi connectivity index (χ4v) is 13.0. The molecule has 4 heteroatoms. The van der Waals surface area contributed by atoms with Gasteiger partial charge in [0.2, 0.25) is 0 Å². The number of hydrogen-bond acceptors (Lipinski definition) is 2. The Hall–Kier alpha value is -1.84. The summed E-state index contributed by atoms with van der Waals surface area (Å²) in [5.41, 5.74) is 0. The van der Waals surface area contributed by atoms with Crippen molar-refractivity contribution in [2.24, 2.45) is 0 Å². The summed E-state index contributed by atoms with van der Waals surface area (Å²) in [4.78, 5) is 0. The molecule has 0 amide bonds. The van der Waals surface area contributed by atoms with Gasteiger partial charge in [-0.05, 0) is 0 Å². The summed E-state index contributed by atoms with van der Waals surface area (Å²) in [5, 5.41) is 4.23. The third-order valence-electron chi connectivity index (χ3n) is 5.78. The second-order valence-electron chi connectivity index (χ2n) is 7.66. The Kier molecular flexibility index (Phi) is 5.72. The summed E-state index contributed by atoms with van der Waals surface area (Å²) >= 11 is 2.83. The zero-order chi connectivity index (χ0) is 20.2. The van der Waals surface area contributed by atoms with Gasteiger partial charge in [-0.25, -0.2) is 0 Å². The maximum absolute atomic E-state index is 5.71. The molecule has 29 heavy (non-hydrogen) atoms. The van der Waals surface area contributed by atoms with Gasteiger partial charge in [0.05, 0.1) is 0 Å². The third kappa shape index (κ3) is 3.71. The molecule has 3 aromatic carbocycles. The van der Waals surface area contributed by atoms with Gasteiger partial charge in [0, 0.05) is 0 Å². The normalized spacial score (nSPS) is 16.4. The molecule has 0 N–H and O–H groups in total. The van der Waals surface area contributed by atoms with Gasteiger partial charge in [-0.2, -0.15) is 0 Å². The SMILES string of the molecule is CC1(CCCP(I)(c2ccccc2)(c2ccccc2)c2ccccc2)OC=CO1. The van der Waals surface area contributed by atoms with Crippen LogP contribution in [0.25, 0.3) is 0 Å². The van der Waals surface area contributed by atoms with Crippen LogP contribution >= 0.6 is 26.3 Å². The van der Waals surface area contributed by atoms with Crippen molar-refractivity contribution in [2.75, 3.05) is 6.16 Å². The molecule has 0 spiro atoms. The Labute approximate surface area is 186 Å². The van der Waals surface area contributed by atoms with Crippen LogP contribution in [0, 0.1) is 0 Å². The van der Waals surface area contributed by atoms with Crippen LogP contribution in [0.1, 0.15) is 19.8 Å². The summed E-state index contributed by atoms with van der Waals surface area (Å²) in [5.74, 6) is -0.560. The molecule has 0 unspecified atom stereocenters. The number of benzene rings is 3. The number of ether oxygens (including phenoxy) is 2. The molecule has 0 fully saturated rings. The summed E-state index contributed by atoms with van der Waals surface area (Å²) in [6.07, 6.45) is 6.18. The molecule has 0 aliphatic carbocycles. The van der Waals surface area contributed by atoms with E-state index in [-0.39, 0.29) is 0 Å². The van der Waals surface area contributed by atoms with Crippen molar-refractivity contribution in [1.82, 2.24) is 0 Å². The third-order valence-corrected chi connectivity index (χ3v) is 17.5. The predicted octanol–water partition coefficient (Wildman–Crippen LogP) is 5.88. The standard InChI is InChI=1S/C25H26IO2P/c1-25(27-19-20-28-25)18-11-21-29(26,22-12-5-2-6-13-22,23-14-7-3-8-15-23)24-16-9-4-10-17-24/h2-10,12-17,19-20H,11,18,21H2,1H3. The predicted molar refractivity (Wildman–Crippen MR) is 133 cm³/mol. The summed E-state index contributed by atoms with van der Waals surface area (Å²) in [7, 11) is 0. The fraction of sp³-hybridized carbons (Fsp3) is 0.200. The molecule has 0 aromatic heterocycles. The molecule has 0 radical (unpaired) electrons. The molecular weight excluding hydrogens is 490 g/mol. The minimum atomic E-state index is -2.70. The Morgan fingerprint density at radius 3 is 1.45 bits per heavy atom. The molecule has 0 atom stereocenters. The van der Waals surface area contributed by atoms with E-state index in [1.807, 2.05) is 6.92 Å². The van der Waals surface area contributed by atoms with Crippen molar-refractivity contribution in [1.29, 1.82) is 0 Å². The van der Waals surface area contributed by atoms with Crippen LogP contribution in [0.15, 0.2) is 104 Å². The van der Waals surface area contributed by atoms with Crippen LogP contribution in [-0.2, 0) is 9.47 Å². The van der Waals surface area contributed by atoms with Gasteiger partial charge >= 0.3 is 187 Å². The van der Waals surface area contributed by atoms with Gasteiger partial charge in [-0.3, -0.25) is 0 Å². The van der Waals surface area contributed by atoms with Crippen molar-refractivity contribution in [2.45, 2.75) is 25.6 Å². The van der Waals surface area contributed by atoms with E-state index in [0.717, 1.165) is 19.0 Å². The van der Waals surface area contributed by atoms with Crippen LogP contribution in [0.2, 0.25) is 0 Å². The molecule has 0 saturated heterocycles. The van der Waals surface area contributed by atoms with E-state index < -0.39 is 10.0 Å². The van der Waals surface area contributed by atoms with Crippen molar-refractivity contribution >= 4 is 42.2 Å². The minimum absolute atomic E-state index is 0.560. The summed E-state index contributed by atoms with van der Waals surface area (Å²) in [6, 6.07) is 33.1. The summed E-state index contributed by atoms with van der Waals surface area (Å²) in [6.45, 7) is 2.02. The summed E-state index contributed by atoms with van der Waals surface area (Å²) < 4.78 is 8.72. The van der Waals surface area contributed by atoms with Crippen molar-refractivity contribution in [3.05, 3.63) is 104 Å². The molecule has 1 aliphatic rings. The average Bonchev–Trinajstić information content (AvgIpc) is 3.22. The van der Waals surface area contributed by atoms with Gasteiger partial charge < -0.3 is 0 Å². The molecule has 2 nitrogen and oxygen atoms in total.